The molecule has 0 spiro atoms. The number of benzene rings is 1. The minimum Gasteiger partial charge on any atom is -0.328 e. The lowest BCUT2D eigenvalue weighted by Crippen LogP contribution is -1.95. The summed E-state index contributed by atoms with van der Waals surface area (Å²) >= 11 is 0. The molecule has 1 aromatic rings. The molecule has 0 heterocycles. The van der Waals surface area contributed by atoms with E-state index in [1.54, 1.807) is 12.1 Å². The van der Waals surface area contributed by atoms with Crippen molar-refractivity contribution in [2.45, 2.75) is 0 Å². The average Bonchev–Trinajstić information content (AvgIpc) is 2.17. The minimum atomic E-state index is 0.610. The standard InChI is InChI=1S/C10H8N2O/c11-7-3-5-9-4-1-2-6-10(9)12-8-13/h1-6,8H,(H,12,13)/b5-3+. The molecule has 0 unspecified atom stereocenters. The van der Waals surface area contributed by atoms with Gasteiger partial charge in [-0.3, -0.25) is 4.79 Å². The van der Waals surface area contributed by atoms with Gasteiger partial charge in [-0.25, -0.2) is 0 Å². The molecule has 0 atom stereocenters. The lowest BCUT2D eigenvalue weighted by Gasteiger charge is -2.01. The van der Waals surface area contributed by atoms with Crippen LogP contribution in [-0.2, 0) is 4.79 Å². The maximum absolute atomic E-state index is 10.2. The van der Waals surface area contributed by atoms with E-state index in [2.05, 4.69) is 5.32 Å². The van der Waals surface area contributed by atoms with E-state index in [0.29, 0.717) is 12.1 Å². The number of hydrogen-bond acceptors (Lipinski definition) is 2. The average molecular weight is 172 g/mol. The first-order chi connectivity index (χ1) is 6.38. The number of nitrogens with zero attached hydrogens (tertiary/aromatic N) is 1. The van der Waals surface area contributed by atoms with Gasteiger partial charge in [0.1, 0.15) is 0 Å². The Kier molecular flexibility index (Phi) is 3.28. The molecular weight excluding hydrogens is 164 g/mol. The van der Waals surface area contributed by atoms with Crippen LogP contribution >= 0.6 is 0 Å². The highest BCUT2D eigenvalue weighted by atomic mass is 16.1. The maximum atomic E-state index is 10.2. The quantitative estimate of drug-likeness (QED) is 0.558. The van der Waals surface area contributed by atoms with Gasteiger partial charge in [-0.05, 0) is 17.7 Å². The molecule has 0 radical (unpaired) electrons. The lowest BCUT2D eigenvalue weighted by molar-refractivity contribution is -0.105. The molecule has 13 heavy (non-hydrogen) atoms. The van der Waals surface area contributed by atoms with Crippen molar-refractivity contribution in [3.63, 3.8) is 0 Å². The molecule has 1 aromatic carbocycles. The summed E-state index contributed by atoms with van der Waals surface area (Å²) in [7, 11) is 0. The van der Waals surface area contributed by atoms with Gasteiger partial charge in [0.25, 0.3) is 0 Å². The van der Waals surface area contributed by atoms with E-state index in [9.17, 15) is 4.79 Å². The van der Waals surface area contributed by atoms with Gasteiger partial charge in [0.15, 0.2) is 0 Å². The summed E-state index contributed by atoms with van der Waals surface area (Å²) in [5, 5.41) is 10.9. The summed E-state index contributed by atoms with van der Waals surface area (Å²) in [6, 6.07) is 9.13. The highest BCUT2D eigenvalue weighted by Gasteiger charge is 1.94. The largest absolute Gasteiger partial charge is 0.328 e. The third-order valence-electron chi connectivity index (χ3n) is 1.51. The van der Waals surface area contributed by atoms with E-state index in [0.717, 1.165) is 5.56 Å². The van der Waals surface area contributed by atoms with Crippen LogP contribution in [0.15, 0.2) is 30.3 Å². The van der Waals surface area contributed by atoms with E-state index in [4.69, 9.17) is 5.26 Å². The van der Waals surface area contributed by atoms with Gasteiger partial charge in [0.05, 0.1) is 6.07 Å². The van der Waals surface area contributed by atoms with E-state index in [1.165, 1.54) is 6.08 Å². The van der Waals surface area contributed by atoms with Crippen LogP contribution in [0.3, 0.4) is 0 Å². The summed E-state index contributed by atoms with van der Waals surface area (Å²) in [6.45, 7) is 0. The van der Waals surface area contributed by atoms with Crippen molar-refractivity contribution >= 4 is 18.2 Å². The molecule has 0 aliphatic carbocycles. The van der Waals surface area contributed by atoms with Crippen molar-refractivity contribution in [1.29, 1.82) is 5.26 Å². The van der Waals surface area contributed by atoms with Crippen molar-refractivity contribution in [2.24, 2.45) is 0 Å². The summed E-state index contributed by atoms with van der Waals surface area (Å²) in [5.74, 6) is 0. The van der Waals surface area contributed by atoms with Crippen LogP contribution in [0.25, 0.3) is 6.08 Å². The summed E-state index contributed by atoms with van der Waals surface area (Å²) < 4.78 is 0. The van der Waals surface area contributed by atoms with Crippen molar-refractivity contribution in [2.75, 3.05) is 5.32 Å². The van der Waals surface area contributed by atoms with Crippen molar-refractivity contribution < 1.29 is 4.79 Å². The van der Waals surface area contributed by atoms with Crippen LogP contribution in [0, 0.1) is 11.3 Å². The van der Waals surface area contributed by atoms with Crippen molar-refractivity contribution in [1.82, 2.24) is 0 Å². The van der Waals surface area contributed by atoms with Gasteiger partial charge < -0.3 is 5.32 Å². The zero-order valence-electron chi connectivity index (χ0n) is 6.90. The second-order valence-corrected chi connectivity index (χ2v) is 2.31. The van der Waals surface area contributed by atoms with Gasteiger partial charge in [-0.1, -0.05) is 18.2 Å². The first-order valence-corrected chi connectivity index (χ1v) is 3.74. The molecule has 0 bridgehead atoms. The monoisotopic (exact) mass is 172 g/mol. The van der Waals surface area contributed by atoms with Crippen LogP contribution in [0.5, 0.6) is 0 Å². The zero-order valence-corrected chi connectivity index (χ0v) is 6.90. The van der Waals surface area contributed by atoms with Gasteiger partial charge >= 0.3 is 0 Å². The Hall–Kier alpha value is -2.08. The van der Waals surface area contributed by atoms with Crippen LogP contribution in [-0.4, -0.2) is 6.41 Å². The molecule has 1 rings (SSSR count). The van der Waals surface area contributed by atoms with Crippen molar-refractivity contribution in [3.05, 3.63) is 35.9 Å². The second-order valence-electron chi connectivity index (χ2n) is 2.31. The molecule has 1 N–H and O–H groups in total. The first-order valence-electron chi connectivity index (χ1n) is 3.74. The summed E-state index contributed by atoms with van der Waals surface area (Å²) in [6.07, 6.45) is 3.62. The number of carbonyl (C=O) groups is 1. The molecule has 0 aromatic heterocycles. The number of carbonyl (C=O) groups excluding carboxylic acids is 1. The maximum Gasteiger partial charge on any atom is 0.211 e. The molecule has 1 amide bonds. The van der Waals surface area contributed by atoms with Crippen molar-refractivity contribution in [3.8, 4) is 6.07 Å². The topological polar surface area (TPSA) is 52.9 Å². The Labute approximate surface area is 76.3 Å². The highest BCUT2D eigenvalue weighted by molar-refractivity contribution is 5.78. The Morgan fingerprint density at radius 3 is 2.85 bits per heavy atom. The fourth-order valence-corrected chi connectivity index (χ4v) is 0.964. The van der Waals surface area contributed by atoms with Crippen LogP contribution < -0.4 is 5.32 Å². The van der Waals surface area contributed by atoms with Gasteiger partial charge in [-0.15, -0.1) is 0 Å². The van der Waals surface area contributed by atoms with Crippen LogP contribution in [0.4, 0.5) is 5.69 Å². The van der Waals surface area contributed by atoms with Crippen LogP contribution in [0.2, 0.25) is 0 Å². The molecule has 0 fully saturated rings. The summed E-state index contributed by atoms with van der Waals surface area (Å²) in [5.41, 5.74) is 1.51. The Bertz CT molecular complexity index is 363. The Morgan fingerprint density at radius 2 is 2.15 bits per heavy atom. The third-order valence-corrected chi connectivity index (χ3v) is 1.51. The number of para-hydroxylation sites is 1. The molecule has 0 aliphatic rings. The number of hydrogen-bond donors (Lipinski definition) is 1. The fourth-order valence-electron chi connectivity index (χ4n) is 0.964. The van der Waals surface area contributed by atoms with Crippen LogP contribution in [0.1, 0.15) is 5.56 Å². The number of amides is 1. The molecule has 0 saturated carbocycles. The normalized spacial score (nSPS) is 9.46. The number of rotatable bonds is 3. The number of allylic oxidation sites excluding steroid dienone is 1. The van der Waals surface area contributed by atoms with Gasteiger partial charge in [0, 0.05) is 11.8 Å². The third kappa shape index (κ3) is 2.46. The fraction of sp³-hybridized carbons (Fsp3) is 0. The number of nitrogens with one attached hydrogen (secondary N) is 1. The zero-order chi connectivity index (χ0) is 9.52. The molecule has 0 saturated heterocycles. The Balaban J connectivity index is 2.98. The summed E-state index contributed by atoms with van der Waals surface area (Å²) in [4.78, 5) is 10.2. The molecular formula is C10H8N2O. The van der Waals surface area contributed by atoms with Gasteiger partial charge in [-0.2, -0.15) is 5.26 Å². The van der Waals surface area contributed by atoms with E-state index in [-0.39, 0.29) is 0 Å². The smallest absolute Gasteiger partial charge is 0.211 e. The second kappa shape index (κ2) is 4.73. The number of anilines is 1. The van der Waals surface area contributed by atoms with Gasteiger partial charge in [0.2, 0.25) is 6.41 Å². The molecule has 64 valence electrons. The Morgan fingerprint density at radius 1 is 1.38 bits per heavy atom. The first kappa shape index (κ1) is 9.01. The molecule has 3 heteroatoms. The SMILES string of the molecule is N#C/C=C/c1ccccc1NC=O. The van der Waals surface area contributed by atoms with E-state index >= 15 is 0 Å². The minimum absolute atomic E-state index is 0.610. The predicted molar refractivity (Wildman–Crippen MR) is 50.8 cm³/mol. The number of nitriles is 1. The lowest BCUT2D eigenvalue weighted by atomic mass is 10.1. The van der Waals surface area contributed by atoms with E-state index < -0.39 is 0 Å². The highest BCUT2D eigenvalue weighted by Crippen LogP contribution is 2.15. The predicted octanol–water partition coefficient (Wildman–Crippen LogP) is 1.79. The van der Waals surface area contributed by atoms with E-state index in [1.807, 2.05) is 24.3 Å². The molecule has 3 nitrogen and oxygen atoms in total. The molecule has 0 aliphatic heterocycles.